The first-order chi connectivity index (χ1) is 9.02. The van der Waals surface area contributed by atoms with Gasteiger partial charge in [-0.2, -0.15) is 5.26 Å². The Morgan fingerprint density at radius 2 is 2.11 bits per heavy atom. The van der Waals surface area contributed by atoms with E-state index in [-0.39, 0.29) is 12.3 Å². The van der Waals surface area contributed by atoms with Crippen LogP contribution in [0.3, 0.4) is 0 Å². The number of nitrogens with zero attached hydrogens (tertiary/aromatic N) is 1. The van der Waals surface area contributed by atoms with E-state index in [1.165, 1.54) is 0 Å². The van der Waals surface area contributed by atoms with Gasteiger partial charge in [0, 0.05) is 28.7 Å². The second kappa shape index (κ2) is 7.70. The zero-order valence-corrected chi connectivity index (χ0v) is 12.0. The van der Waals surface area contributed by atoms with Gasteiger partial charge in [-0.1, -0.05) is 26.0 Å². The fraction of sp³-hybridized carbons (Fsp3) is 0.429. The summed E-state index contributed by atoms with van der Waals surface area (Å²) in [7, 11) is -0.962. The highest BCUT2D eigenvalue weighted by atomic mass is 32.2. The van der Waals surface area contributed by atoms with E-state index in [0.29, 0.717) is 28.7 Å². The smallest absolute Gasteiger partial charge is 0.225 e. The molecule has 1 N–H and O–H groups in total. The van der Waals surface area contributed by atoms with Gasteiger partial charge in [-0.3, -0.25) is 9.00 Å². The van der Waals surface area contributed by atoms with Crippen molar-refractivity contribution in [2.75, 3.05) is 16.8 Å². The quantitative estimate of drug-likeness (QED) is 0.868. The molecule has 0 radical (unpaired) electrons. The number of hydrogen-bond donors (Lipinski definition) is 1. The highest BCUT2D eigenvalue weighted by Crippen LogP contribution is 2.13. The number of nitriles is 1. The van der Waals surface area contributed by atoms with Crippen LogP contribution >= 0.6 is 0 Å². The van der Waals surface area contributed by atoms with Crippen molar-refractivity contribution in [3.63, 3.8) is 0 Å². The molecule has 0 aromatic heterocycles. The topological polar surface area (TPSA) is 70.0 Å². The van der Waals surface area contributed by atoms with Crippen LogP contribution in [-0.2, 0) is 15.6 Å². The molecule has 1 atom stereocenters. The van der Waals surface area contributed by atoms with Crippen molar-refractivity contribution < 1.29 is 9.00 Å². The monoisotopic (exact) mass is 278 g/mol. The van der Waals surface area contributed by atoms with Gasteiger partial charge in [-0.05, 0) is 18.1 Å². The Morgan fingerprint density at radius 1 is 1.42 bits per heavy atom. The molecule has 1 amide bonds. The van der Waals surface area contributed by atoms with E-state index in [2.05, 4.69) is 5.32 Å². The number of nitrogens with one attached hydrogen (secondary N) is 1. The Labute approximate surface area is 116 Å². The molecule has 0 fully saturated rings. The van der Waals surface area contributed by atoms with Crippen molar-refractivity contribution in [1.29, 1.82) is 5.26 Å². The van der Waals surface area contributed by atoms with Crippen molar-refractivity contribution in [3.05, 3.63) is 29.8 Å². The molecular formula is C14H18N2O2S. The van der Waals surface area contributed by atoms with E-state index in [1.54, 1.807) is 24.3 Å². The van der Waals surface area contributed by atoms with Crippen LogP contribution in [0.5, 0.6) is 0 Å². The van der Waals surface area contributed by atoms with Crippen LogP contribution in [0.4, 0.5) is 5.69 Å². The molecule has 1 aromatic rings. The third kappa shape index (κ3) is 5.66. The summed E-state index contributed by atoms with van der Waals surface area (Å²) in [6.45, 7) is 4.00. The third-order valence-electron chi connectivity index (χ3n) is 2.40. The summed E-state index contributed by atoms with van der Waals surface area (Å²) in [5.74, 6) is 1.13. The maximum atomic E-state index is 11.7. The van der Waals surface area contributed by atoms with Crippen molar-refractivity contribution in [2.24, 2.45) is 5.92 Å². The molecule has 0 heterocycles. The fourth-order valence-electron chi connectivity index (χ4n) is 1.56. The Bertz CT molecular complexity index is 506. The van der Waals surface area contributed by atoms with Gasteiger partial charge in [0.15, 0.2) is 0 Å². The Morgan fingerprint density at radius 3 is 2.74 bits per heavy atom. The van der Waals surface area contributed by atoms with Gasteiger partial charge in [-0.25, -0.2) is 0 Å². The summed E-state index contributed by atoms with van der Waals surface area (Å²) in [4.78, 5) is 11.7. The Kier molecular flexibility index (Phi) is 6.23. The van der Waals surface area contributed by atoms with Crippen LogP contribution < -0.4 is 5.32 Å². The van der Waals surface area contributed by atoms with Crippen LogP contribution in [0.2, 0.25) is 0 Å². The van der Waals surface area contributed by atoms with Gasteiger partial charge in [0.25, 0.3) is 0 Å². The van der Waals surface area contributed by atoms with Crippen LogP contribution in [0.25, 0.3) is 0 Å². The molecule has 102 valence electrons. The minimum atomic E-state index is -0.962. The standard InChI is InChI=1S/C14H18N2O2S/c1-11(2)10-19(18)8-7-14(17)16-13-6-4-3-5-12(13)9-15/h3-6,11H,7-8,10H2,1-2H3,(H,16,17). The van der Waals surface area contributed by atoms with Crippen molar-refractivity contribution in [3.8, 4) is 6.07 Å². The minimum absolute atomic E-state index is 0.207. The van der Waals surface area contributed by atoms with Crippen LogP contribution in [-0.4, -0.2) is 21.6 Å². The normalized spacial score (nSPS) is 11.9. The number of amides is 1. The highest BCUT2D eigenvalue weighted by molar-refractivity contribution is 7.85. The molecule has 19 heavy (non-hydrogen) atoms. The van der Waals surface area contributed by atoms with E-state index in [9.17, 15) is 9.00 Å². The lowest BCUT2D eigenvalue weighted by molar-refractivity contribution is -0.115. The summed E-state index contributed by atoms with van der Waals surface area (Å²) in [6, 6.07) is 8.84. The maximum Gasteiger partial charge on any atom is 0.225 e. The summed E-state index contributed by atoms with van der Waals surface area (Å²) >= 11 is 0. The SMILES string of the molecule is CC(C)CS(=O)CCC(=O)Nc1ccccc1C#N. The summed E-state index contributed by atoms with van der Waals surface area (Å²) in [6.07, 6.45) is 0.207. The third-order valence-corrected chi connectivity index (χ3v) is 4.10. The summed E-state index contributed by atoms with van der Waals surface area (Å²) < 4.78 is 11.6. The summed E-state index contributed by atoms with van der Waals surface area (Å²) in [5.41, 5.74) is 0.934. The highest BCUT2D eigenvalue weighted by Gasteiger charge is 2.09. The molecule has 0 spiro atoms. The van der Waals surface area contributed by atoms with E-state index in [1.807, 2.05) is 19.9 Å². The molecular weight excluding hydrogens is 260 g/mol. The molecule has 1 unspecified atom stereocenters. The van der Waals surface area contributed by atoms with E-state index in [0.717, 1.165) is 0 Å². The van der Waals surface area contributed by atoms with E-state index in [4.69, 9.17) is 5.26 Å². The first-order valence-corrected chi connectivity index (χ1v) is 7.65. The minimum Gasteiger partial charge on any atom is -0.325 e. The van der Waals surface area contributed by atoms with Crippen LogP contribution in [0.15, 0.2) is 24.3 Å². The maximum absolute atomic E-state index is 11.7. The van der Waals surface area contributed by atoms with Gasteiger partial charge in [-0.15, -0.1) is 0 Å². The number of benzene rings is 1. The van der Waals surface area contributed by atoms with Gasteiger partial charge in [0.1, 0.15) is 6.07 Å². The second-order valence-corrected chi connectivity index (χ2v) is 6.28. The number of hydrogen-bond acceptors (Lipinski definition) is 3. The average molecular weight is 278 g/mol. The number of carbonyl (C=O) groups is 1. The van der Waals surface area contributed by atoms with Crippen LogP contribution in [0.1, 0.15) is 25.8 Å². The van der Waals surface area contributed by atoms with Gasteiger partial charge < -0.3 is 5.32 Å². The lowest BCUT2D eigenvalue weighted by Crippen LogP contribution is -2.17. The first-order valence-electron chi connectivity index (χ1n) is 6.17. The van der Waals surface area contributed by atoms with Gasteiger partial charge in [0.05, 0.1) is 11.3 Å². The molecule has 0 bridgehead atoms. The molecule has 4 nitrogen and oxygen atoms in total. The van der Waals surface area contributed by atoms with E-state index < -0.39 is 10.8 Å². The molecule has 0 saturated carbocycles. The molecule has 1 rings (SSSR count). The largest absolute Gasteiger partial charge is 0.325 e. The van der Waals surface area contributed by atoms with Crippen molar-refractivity contribution in [1.82, 2.24) is 0 Å². The number of anilines is 1. The van der Waals surface area contributed by atoms with Crippen LogP contribution in [0, 0.1) is 17.2 Å². The number of rotatable bonds is 6. The zero-order chi connectivity index (χ0) is 14.3. The Balaban J connectivity index is 2.48. The fourth-order valence-corrected chi connectivity index (χ4v) is 2.89. The predicted molar refractivity (Wildman–Crippen MR) is 77.1 cm³/mol. The zero-order valence-electron chi connectivity index (χ0n) is 11.2. The average Bonchev–Trinajstić information content (AvgIpc) is 2.36. The molecule has 0 aliphatic rings. The van der Waals surface area contributed by atoms with E-state index >= 15 is 0 Å². The molecule has 0 aliphatic carbocycles. The lowest BCUT2D eigenvalue weighted by Gasteiger charge is -2.07. The second-order valence-electron chi connectivity index (χ2n) is 4.66. The molecule has 0 saturated heterocycles. The molecule has 5 heteroatoms. The van der Waals surface area contributed by atoms with Gasteiger partial charge >= 0.3 is 0 Å². The van der Waals surface area contributed by atoms with Crippen molar-refractivity contribution in [2.45, 2.75) is 20.3 Å². The number of carbonyl (C=O) groups excluding carboxylic acids is 1. The first kappa shape index (κ1) is 15.4. The predicted octanol–water partition coefficient (Wildman–Crippen LogP) is 2.29. The molecule has 1 aromatic carbocycles. The Hall–Kier alpha value is -1.67. The van der Waals surface area contributed by atoms with Crippen molar-refractivity contribution >= 4 is 22.4 Å². The lowest BCUT2D eigenvalue weighted by atomic mass is 10.2. The van der Waals surface area contributed by atoms with Gasteiger partial charge in [0.2, 0.25) is 5.91 Å². The summed E-state index contributed by atoms with van der Waals surface area (Å²) in [5, 5.41) is 11.6. The number of para-hydroxylation sites is 1. The molecule has 0 aliphatic heterocycles.